The van der Waals surface area contributed by atoms with Crippen molar-refractivity contribution in [3.8, 4) is 0 Å². The van der Waals surface area contributed by atoms with Gasteiger partial charge in [-0.05, 0) is 30.4 Å². The highest BCUT2D eigenvalue weighted by Crippen LogP contribution is 2.30. The summed E-state index contributed by atoms with van der Waals surface area (Å²) in [6, 6.07) is 7.69. The lowest BCUT2D eigenvalue weighted by Gasteiger charge is -2.10. The van der Waals surface area contributed by atoms with Gasteiger partial charge in [0.2, 0.25) is 5.91 Å². The molecule has 0 unspecified atom stereocenters. The SMILES string of the molecule is Cc1c(C(=O)NNC(=O)[C@@H]2CCS(=O)(=O)C2)sc2ccccc12. The van der Waals surface area contributed by atoms with Crippen molar-refractivity contribution < 1.29 is 18.0 Å². The van der Waals surface area contributed by atoms with Crippen LogP contribution in [0.25, 0.3) is 10.1 Å². The van der Waals surface area contributed by atoms with Crippen molar-refractivity contribution in [3.05, 3.63) is 34.7 Å². The first-order chi connectivity index (χ1) is 10.9. The Kier molecular flexibility index (Phi) is 4.11. The van der Waals surface area contributed by atoms with Crippen LogP contribution in [0.4, 0.5) is 0 Å². The normalized spacial score (nSPS) is 19.6. The molecule has 0 aliphatic carbocycles. The number of hydrogen-bond acceptors (Lipinski definition) is 5. The third kappa shape index (κ3) is 3.23. The summed E-state index contributed by atoms with van der Waals surface area (Å²) in [5, 5.41) is 1.01. The van der Waals surface area contributed by atoms with Gasteiger partial charge < -0.3 is 0 Å². The second-order valence-electron chi connectivity index (χ2n) is 5.60. The van der Waals surface area contributed by atoms with Gasteiger partial charge in [-0.2, -0.15) is 0 Å². The lowest BCUT2D eigenvalue weighted by atomic mass is 10.1. The van der Waals surface area contributed by atoms with E-state index < -0.39 is 27.6 Å². The fraction of sp³-hybridized carbons (Fsp3) is 0.333. The van der Waals surface area contributed by atoms with Crippen LogP contribution in [0.3, 0.4) is 0 Å². The second kappa shape index (κ2) is 5.93. The van der Waals surface area contributed by atoms with Gasteiger partial charge in [0.05, 0.1) is 22.3 Å². The number of sulfone groups is 1. The van der Waals surface area contributed by atoms with Gasteiger partial charge in [-0.15, -0.1) is 11.3 Å². The van der Waals surface area contributed by atoms with E-state index in [-0.39, 0.29) is 11.5 Å². The highest BCUT2D eigenvalue weighted by molar-refractivity contribution is 7.91. The number of carbonyl (C=O) groups excluding carboxylic acids is 2. The molecule has 2 N–H and O–H groups in total. The molecule has 0 radical (unpaired) electrons. The number of hydrogen-bond donors (Lipinski definition) is 2. The molecule has 1 fully saturated rings. The van der Waals surface area contributed by atoms with Crippen LogP contribution in [0.5, 0.6) is 0 Å². The molecule has 122 valence electrons. The zero-order chi connectivity index (χ0) is 16.6. The number of carbonyl (C=O) groups is 2. The summed E-state index contributed by atoms with van der Waals surface area (Å²) in [4.78, 5) is 24.7. The summed E-state index contributed by atoms with van der Waals surface area (Å²) in [5.74, 6) is -1.58. The van der Waals surface area contributed by atoms with Crippen LogP contribution >= 0.6 is 11.3 Å². The van der Waals surface area contributed by atoms with Crippen molar-refractivity contribution >= 4 is 43.1 Å². The maximum absolute atomic E-state index is 12.2. The van der Waals surface area contributed by atoms with E-state index >= 15 is 0 Å². The third-order valence-corrected chi connectivity index (χ3v) is 6.99. The molecule has 1 atom stereocenters. The molecule has 6 nitrogen and oxygen atoms in total. The minimum Gasteiger partial charge on any atom is -0.273 e. The number of benzene rings is 1. The van der Waals surface area contributed by atoms with Gasteiger partial charge in [0.1, 0.15) is 0 Å². The van der Waals surface area contributed by atoms with Crippen molar-refractivity contribution in [1.29, 1.82) is 0 Å². The highest BCUT2D eigenvalue weighted by Gasteiger charge is 2.33. The quantitative estimate of drug-likeness (QED) is 0.799. The number of thiophene rings is 1. The number of rotatable bonds is 2. The van der Waals surface area contributed by atoms with Gasteiger partial charge in [-0.1, -0.05) is 18.2 Å². The minimum absolute atomic E-state index is 0.0223. The van der Waals surface area contributed by atoms with E-state index in [1.807, 2.05) is 31.2 Å². The summed E-state index contributed by atoms with van der Waals surface area (Å²) in [7, 11) is -3.13. The molecule has 2 amide bonds. The van der Waals surface area contributed by atoms with Gasteiger partial charge in [0, 0.05) is 4.70 Å². The van der Waals surface area contributed by atoms with Crippen LogP contribution in [0.1, 0.15) is 21.7 Å². The van der Waals surface area contributed by atoms with Crippen LogP contribution in [-0.2, 0) is 14.6 Å². The molecule has 3 rings (SSSR count). The number of aryl methyl sites for hydroxylation is 1. The number of nitrogens with one attached hydrogen (secondary N) is 2. The molecule has 0 spiro atoms. The summed E-state index contributed by atoms with van der Waals surface area (Å²) >= 11 is 1.36. The lowest BCUT2D eigenvalue weighted by molar-refractivity contribution is -0.125. The van der Waals surface area contributed by atoms with E-state index in [4.69, 9.17) is 0 Å². The molecule has 1 aliphatic heterocycles. The minimum atomic E-state index is -3.13. The lowest BCUT2D eigenvalue weighted by Crippen LogP contribution is -2.44. The number of hydrazine groups is 1. The predicted molar refractivity (Wildman–Crippen MR) is 88.9 cm³/mol. The summed E-state index contributed by atoms with van der Waals surface area (Å²) < 4.78 is 23.8. The standard InChI is InChI=1S/C15H16N2O4S2/c1-9-11-4-2-3-5-12(11)22-13(9)15(19)17-16-14(18)10-6-7-23(20,21)8-10/h2-5,10H,6-8H2,1H3,(H,16,18)(H,17,19)/t10-/m1/s1. The van der Waals surface area contributed by atoms with Gasteiger partial charge in [-0.25, -0.2) is 8.42 Å². The largest absolute Gasteiger partial charge is 0.280 e. The van der Waals surface area contributed by atoms with E-state index in [0.29, 0.717) is 11.3 Å². The highest BCUT2D eigenvalue weighted by atomic mass is 32.2. The topological polar surface area (TPSA) is 92.3 Å². The van der Waals surface area contributed by atoms with Gasteiger partial charge >= 0.3 is 0 Å². The number of fused-ring (bicyclic) bond motifs is 1. The summed E-state index contributed by atoms with van der Waals surface area (Å²) in [5.41, 5.74) is 5.58. The van der Waals surface area contributed by atoms with Crippen LogP contribution in [0, 0.1) is 12.8 Å². The van der Waals surface area contributed by atoms with Crippen molar-refractivity contribution in [1.82, 2.24) is 10.9 Å². The van der Waals surface area contributed by atoms with E-state index in [0.717, 1.165) is 15.6 Å². The van der Waals surface area contributed by atoms with Gasteiger partial charge in [-0.3, -0.25) is 20.4 Å². The molecule has 1 aromatic heterocycles. The monoisotopic (exact) mass is 352 g/mol. The zero-order valence-corrected chi connectivity index (χ0v) is 14.1. The third-order valence-electron chi connectivity index (χ3n) is 3.95. The van der Waals surface area contributed by atoms with Crippen molar-refractivity contribution in [2.75, 3.05) is 11.5 Å². The summed E-state index contributed by atoms with van der Waals surface area (Å²) in [6.45, 7) is 1.86. The fourth-order valence-electron chi connectivity index (χ4n) is 2.67. The Labute approximate surface area is 137 Å². The average molecular weight is 352 g/mol. The zero-order valence-electron chi connectivity index (χ0n) is 12.5. The molecule has 23 heavy (non-hydrogen) atoms. The van der Waals surface area contributed by atoms with Crippen molar-refractivity contribution in [2.24, 2.45) is 5.92 Å². The van der Waals surface area contributed by atoms with Crippen molar-refractivity contribution in [2.45, 2.75) is 13.3 Å². The Balaban J connectivity index is 1.67. The Hall–Kier alpha value is -1.93. The van der Waals surface area contributed by atoms with Crippen LogP contribution in [0.15, 0.2) is 24.3 Å². The van der Waals surface area contributed by atoms with Crippen molar-refractivity contribution in [3.63, 3.8) is 0 Å². The molecule has 1 saturated heterocycles. The Morgan fingerprint density at radius 3 is 2.61 bits per heavy atom. The van der Waals surface area contributed by atoms with Crippen LogP contribution in [-0.4, -0.2) is 31.7 Å². The maximum atomic E-state index is 12.2. The Bertz CT molecular complexity index is 886. The van der Waals surface area contributed by atoms with Crippen LogP contribution < -0.4 is 10.9 Å². The van der Waals surface area contributed by atoms with E-state index in [1.54, 1.807) is 0 Å². The first-order valence-electron chi connectivity index (χ1n) is 7.16. The summed E-state index contributed by atoms with van der Waals surface area (Å²) in [6.07, 6.45) is 0.298. The van der Waals surface area contributed by atoms with E-state index in [2.05, 4.69) is 10.9 Å². The predicted octanol–water partition coefficient (Wildman–Crippen LogP) is 1.41. The molecular weight excluding hydrogens is 336 g/mol. The Morgan fingerprint density at radius 1 is 1.22 bits per heavy atom. The average Bonchev–Trinajstić information content (AvgIpc) is 3.05. The molecule has 2 heterocycles. The first-order valence-corrected chi connectivity index (χ1v) is 9.80. The molecule has 0 saturated carbocycles. The first kappa shape index (κ1) is 15.9. The maximum Gasteiger partial charge on any atom is 0.280 e. The molecular formula is C15H16N2O4S2. The molecule has 1 aromatic carbocycles. The number of amides is 2. The van der Waals surface area contributed by atoms with E-state index in [1.165, 1.54) is 11.3 Å². The Morgan fingerprint density at radius 2 is 1.96 bits per heavy atom. The van der Waals surface area contributed by atoms with Gasteiger partial charge in [0.25, 0.3) is 5.91 Å². The molecule has 1 aliphatic rings. The molecule has 2 aromatic rings. The fourth-order valence-corrected chi connectivity index (χ4v) is 5.52. The van der Waals surface area contributed by atoms with E-state index in [9.17, 15) is 18.0 Å². The van der Waals surface area contributed by atoms with Gasteiger partial charge in [0.15, 0.2) is 9.84 Å². The second-order valence-corrected chi connectivity index (χ2v) is 8.88. The molecule has 0 bridgehead atoms. The van der Waals surface area contributed by atoms with Crippen LogP contribution in [0.2, 0.25) is 0 Å². The smallest absolute Gasteiger partial charge is 0.273 e. The molecule has 8 heteroatoms.